The van der Waals surface area contributed by atoms with Crippen molar-refractivity contribution in [2.24, 2.45) is 0 Å². The summed E-state index contributed by atoms with van der Waals surface area (Å²) < 4.78 is 4.43. The molecule has 0 N–H and O–H groups in total. The SMILES string of the molecule is Cc1cccc(-c2cc(-n3c4ccc(-c5nc(-c6ccccc6)nc(-c6ccccc6)n5)cc4c4cc(-c5nc(-c6ccccc6)nc(-c6ccccc6)n5)ccc43)c(C#N)cc2-n2c3ccc(-c4nc(-c5ccccc5)nc(-c5ccccc5)n4)cc3c3cc(-c4nc(-c5ccccc5)nc(-c5ccccc5)n4)ccc32)n1. The van der Waals surface area contributed by atoms with Crippen LogP contribution >= 0.6 is 0 Å². The van der Waals surface area contributed by atoms with E-state index in [0.29, 0.717) is 92.5 Å². The van der Waals surface area contributed by atoms with Crippen molar-refractivity contribution < 1.29 is 0 Å². The van der Waals surface area contributed by atoms with Gasteiger partial charge < -0.3 is 9.13 Å². The van der Waals surface area contributed by atoms with Gasteiger partial charge in [-0.05, 0) is 104 Å². The molecule has 0 aliphatic heterocycles. The molecule has 0 spiro atoms. The number of fused-ring (bicyclic) bond motifs is 6. The minimum absolute atomic E-state index is 0.390. The smallest absolute Gasteiger partial charge is 0.164 e. The Morgan fingerprint density at radius 1 is 0.212 bits per heavy atom. The molecule has 0 aliphatic rings. The maximum absolute atomic E-state index is 12.2. The Hall–Kier alpha value is -15.9. The Bertz CT molecular complexity index is 6500. The maximum Gasteiger partial charge on any atom is 0.164 e. The highest BCUT2D eigenvalue weighted by atomic mass is 15.1. The van der Waals surface area contributed by atoms with Gasteiger partial charge in [0.15, 0.2) is 69.9 Å². The molecule has 0 aliphatic carbocycles. The van der Waals surface area contributed by atoms with Crippen molar-refractivity contribution >= 4 is 43.6 Å². The number of aromatic nitrogens is 15. The van der Waals surface area contributed by atoms with Gasteiger partial charge in [0.05, 0.1) is 44.7 Å². The van der Waals surface area contributed by atoms with Crippen molar-refractivity contribution in [2.45, 2.75) is 6.92 Å². The lowest BCUT2D eigenvalue weighted by Crippen LogP contribution is -2.05. The summed E-state index contributed by atoms with van der Waals surface area (Å²) in [5, 5.41) is 15.6. The van der Waals surface area contributed by atoms with Crippen LogP contribution in [-0.4, -0.2) is 73.9 Å². The lowest BCUT2D eigenvalue weighted by Gasteiger charge is -2.19. The van der Waals surface area contributed by atoms with E-state index in [-0.39, 0.29) is 0 Å². The van der Waals surface area contributed by atoms with Crippen LogP contribution in [0.15, 0.2) is 346 Å². The number of nitriles is 1. The predicted octanol–water partition coefficient (Wildman–Crippen LogP) is 21.9. The molecule has 13 aromatic carbocycles. The molecule has 0 saturated heterocycles. The first kappa shape index (κ1) is 66.6. The number of rotatable bonds is 15. The molecule has 16 nitrogen and oxygen atoms in total. The molecule has 0 fully saturated rings. The first-order valence-electron chi connectivity index (χ1n) is 37.0. The summed E-state index contributed by atoms with van der Waals surface area (Å²) in [6.07, 6.45) is 0. The Morgan fingerprint density at radius 3 is 0.673 bits per heavy atom. The number of pyridine rings is 1. The van der Waals surface area contributed by atoms with Gasteiger partial charge in [-0.15, -0.1) is 0 Å². The Kier molecular flexibility index (Phi) is 16.7. The molecule has 16 heteroatoms. The average molecular weight is 1450 g/mol. The molecule has 0 unspecified atom stereocenters. The summed E-state index contributed by atoms with van der Waals surface area (Å²) >= 11 is 0. The molecule has 0 amide bonds. The van der Waals surface area contributed by atoms with Crippen LogP contribution in [0.2, 0.25) is 0 Å². The quantitative estimate of drug-likeness (QED) is 0.0938. The van der Waals surface area contributed by atoms with Gasteiger partial charge in [-0.25, -0.2) is 59.8 Å². The summed E-state index contributed by atoms with van der Waals surface area (Å²) in [4.78, 5) is 67.4. The maximum atomic E-state index is 12.2. The van der Waals surface area contributed by atoms with E-state index in [0.717, 1.165) is 122 Å². The molecule has 20 rings (SSSR count). The number of hydrogen-bond donors (Lipinski definition) is 0. The molecular weight excluding hydrogens is 1390 g/mol. The summed E-state index contributed by atoms with van der Waals surface area (Å²) in [5.74, 6) is 6.24. The number of hydrogen-bond acceptors (Lipinski definition) is 14. The summed E-state index contributed by atoms with van der Waals surface area (Å²) in [6, 6.07) is 118. The molecule has 113 heavy (non-hydrogen) atoms. The van der Waals surface area contributed by atoms with Gasteiger partial charge in [0.2, 0.25) is 0 Å². The third kappa shape index (κ3) is 12.6. The highest BCUT2D eigenvalue weighted by Crippen LogP contribution is 2.45. The molecular formula is C97H60N16. The van der Waals surface area contributed by atoms with Gasteiger partial charge in [0.25, 0.3) is 0 Å². The van der Waals surface area contributed by atoms with Crippen LogP contribution in [0.5, 0.6) is 0 Å². The van der Waals surface area contributed by atoms with E-state index in [4.69, 9.17) is 64.8 Å². The predicted molar refractivity (Wildman–Crippen MR) is 447 cm³/mol. The average Bonchev–Trinajstić information content (AvgIpc) is 1.57. The molecule has 0 bridgehead atoms. The fourth-order valence-electron chi connectivity index (χ4n) is 14.8. The first-order valence-corrected chi connectivity index (χ1v) is 37.0. The molecule has 0 atom stereocenters. The fourth-order valence-corrected chi connectivity index (χ4v) is 14.8. The van der Waals surface area contributed by atoms with E-state index < -0.39 is 0 Å². The summed E-state index contributed by atoms with van der Waals surface area (Å²) in [5.41, 5.74) is 17.1. The number of benzene rings is 13. The molecule has 7 heterocycles. The van der Waals surface area contributed by atoms with Crippen molar-refractivity contribution in [1.29, 1.82) is 5.26 Å². The molecule has 0 saturated carbocycles. The van der Waals surface area contributed by atoms with Crippen LogP contribution in [0.4, 0.5) is 0 Å². The molecule has 528 valence electrons. The van der Waals surface area contributed by atoms with Crippen LogP contribution in [0.3, 0.4) is 0 Å². The number of aryl methyl sites for hydroxylation is 1. The van der Waals surface area contributed by atoms with E-state index in [9.17, 15) is 5.26 Å². The highest BCUT2D eigenvalue weighted by Gasteiger charge is 2.27. The van der Waals surface area contributed by atoms with Crippen molar-refractivity contribution in [3.63, 3.8) is 0 Å². The fraction of sp³-hybridized carbons (Fsp3) is 0.0103. The Balaban J connectivity index is 0.831. The van der Waals surface area contributed by atoms with Crippen LogP contribution in [0.25, 0.3) is 203 Å². The third-order valence-electron chi connectivity index (χ3n) is 20.2. The molecule has 7 aromatic heterocycles. The second kappa shape index (κ2) is 28.4. The summed E-state index contributed by atoms with van der Waals surface area (Å²) in [6.45, 7) is 2.00. The van der Waals surface area contributed by atoms with E-state index >= 15 is 0 Å². The zero-order chi connectivity index (χ0) is 75.3. The van der Waals surface area contributed by atoms with Gasteiger partial charge in [0.1, 0.15) is 6.07 Å². The number of nitrogens with zero attached hydrogens (tertiary/aromatic N) is 16. The van der Waals surface area contributed by atoms with E-state index in [1.54, 1.807) is 0 Å². The largest absolute Gasteiger partial charge is 0.309 e. The minimum Gasteiger partial charge on any atom is -0.309 e. The van der Waals surface area contributed by atoms with Crippen molar-refractivity contribution in [3.8, 4) is 165 Å². The van der Waals surface area contributed by atoms with E-state index in [1.807, 2.05) is 274 Å². The van der Waals surface area contributed by atoms with Gasteiger partial charge in [-0.1, -0.05) is 249 Å². The van der Waals surface area contributed by atoms with Gasteiger partial charge >= 0.3 is 0 Å². The molecule has 0 radical (unpaired) electrons. The van der Waals surface area contributed by atoms with Gasteiger partial charge in [-0.3, -0.25) is 4.98 Å². The van der Waals surface area contributed by atoms with Crippen LogP contribution in [0.1, 0.15) is 11.3 Å². The highest BCUT2D eigenvalue weighted by molar-refractivity contribution is 6.14. The van der Waals surface area contributed by atoms with Crippen LogP contribution < -0.4 is 0 Å². The van der Waals surface area contributed by atoms with E-state index in [1.165, 1.54) is 0 Å². The van der Waals surface area contributed by atoms with Crippen molar-refractivity contribution in [1.82, 2.24) is 73.9 Å². The zero-order valence-electron chi connectivity index (χ0n) is 60.6. The molecule has 20 aromatic rings. The Labute approximate surface area is 648 Å². The first-order chi connectivity index (χ1) is 55.8. The normalized spacial score (nSPS) is 11.4. The summed E-state index contributed by atoms with van der Waals surface area (Å²) in [7, 11) is 0. The van der Waals surface area contributed by atoms with Crippen molar-refractivity contribution in [3.05, 3.63) is 357 Å². The topological polar surface area (TPSA) is 201 Å². The lowest BCUT2D eigenvalue weighted by molar-refractivity contribution is 1.07. The van der Waals surface area contributed by atoms with Gasteiger partial charge in [0, 0.05) is 99.6 Å². The second-order valence-corrected chi connectivity index (χ2v) is 27.4. The minimum atomic E-state index is 0.390. The van der Waals surface area contributed by atoms with Crippen LogP contribution in [0, 0.1) is 18.3 Å². The monoisotopic (exact) mass is 1450 g/mol. The second-order valence-electron chi connectivity index (χ2n) is 27.4. The van der Waals surface area contributed by atoms with Crippen molar-refractivity contribution in [2.75, 3.05) is 0 Å². The standard InChI is InChI=1S/C97H60N16/c1-60-27-26-44-79(99-60)78-58-84(112-80-49-45-69(94-104-86(61-28-10-2-11-29-61)100-87(105-94)62-30-12-3-13-31-62)53-74(80)75-54-70(46-50-81(75)112)95-106-88(63-32-14-4-15-33-63)101-89(107-95)64-34-16-5-17-35-64)73(59-98)57-85(78)113-82-51-47-71(96-108-90(65-36-18-6-19-37-65)102-91(109-96)66-38-20-7-21-39-66)55-76(82)77-56-72(48-52-83(77)113)97-110-92(67-40-22-8-23-41-67)103-93(111-97)68-42-24-9-25-43-68/h2-58H,1H3. The Morgan fingerprint density at radius 2 is 0.442 bits per heavy atom. The zero-order valence-corrected chi connectivity index (χ0v) is 60.6. The lowest BCUT2D eigenvalue weighted by atomic mass is 10.0. The van der Waals surface area contributed by atoms with E-state index in [2.05, 4.69) is 94.1 Å². The third-order valence-corrected chi connectivity index (χ3v) is 20.2. The van der Waals surface area contributed by atoms with Gasteiger partial charge in [-0.2, -0.15) is 5.26 Å². The van der Waals surface area contributed by atoms with Crippen LogP contribution in [-0.2, 0) is 0 Å².